The van der Waals surface area contributed by atoms with E-state index in [1.165, 1.54) is 33.4 Å². The Balaban J connectivity index is 2.89. The summed E-state index contributed by atoms with van der Waals surface area (Å²) in [5.41, 5.74) is 0.554. The van der Waals surface area contributed by atoms with Crippen molar-refractivity contribution in [2.45, 2.75) is 12.7 Å². The summed E-state index contributed by atoms with van der Waals surface area (Å²) in [6.07, 6.45) is -4.25. The summed E-state index contributed by atoms with van der Waals surface area (Å²) in [6.45, 7) is -0.953. The van der Waals surface area contributed by atoms with Gasteiger partial charge in [0.1, 0.15) is 0 Å². The van der Waals surface area contributed by atoms with Crippen LogP contribution in [-0.4, -0.2) is 44.0 Å². The van der Waals surface area contributed by atoms with Crippen LogP contribution < -0.4 is 9.47 Å². The number of ether oxygens (including phenoxy) is 2. The van der Waals surface area contributed by atoms with Crippen molar-refractivity contribution in [3.05, 3.63) is 17.7 Å². The van der Waals surface area contributed by atoms with Gasteiger partial charge in [0, 0.05) is 6.54 Å². The molecule has 108 valence electrons. The number of alkyl halides is 3. The van der Waals surface area contributed by atoms with Crippen molar-refractivity contribution in [3.8, 4) is 17.2 Å². The predicted molar refractivity (Wildman–Crippen MR) is 63.6 cm³/mol. The maximum absolute atomic E-state index is 12.2. The van der Waals surface area contributed by atoms with Crippen molar-refractivity contribution in [2.24, 2.45) is 0 Å². The molecule has 1 rings (SSSR count). The van der Waals surface area contributed by atoms with Gasteiger partial charge in [0.05, 0.1) is 20.8 Å². The second-order valence-electron chi connectivity index (χ2n) is 4.14. The summed E-state index contributed by atoms with van der Waals surface area (Å²) < 4.78 is 46.6. The third-order valence-electron chi connectivity index (χ3n) is 2.44. The SMILES string of the molecule is COc1cc(CN(C)CC(F)(F)F)cc(OC)c1O. The topological polar surface area (TPSA) is 41.9 Å². The van der Waals surface area contributed by atoms with Crippen LogP contribution in [0.2, 0.25) is 0 Å². The molecule has 0 atom stereocenters. The summed E-state index contributed by atoms with van der Waals surface area (Å²) in [4.78, 5) is 1.12. The number of phenolic OH excluding ortho intramolecular Hbond substituents is 1. The third kappa shape index (κ3) is 4.51. The van der Waals surface area contributed by atoms with Gasteiger partial charge in [0.15, 0.2) is 11.5 Å². The van der Waals surface area contributed by atoms with Crippen LogP contribution in [0.1, 0.15) is 5.56 Å². The van der Waals surface area contributed by atoms with Gasteiger partial charge in [0.2, 0.25) is 5.75 Å². The first kappa shape index (κ1) is 15.4. The first-order valence-corrected chi connectivity index (χ1v) is 5.46. The molecule has 0 aliphatic heterocycles. The maximum atomic E-state index is 12.2. The van der Waals surface area contributed by atoms with Crippen LogP contribution in [0, 0.1) is 0 Å². The zero-order valence-corrected chi connectivity index (χ0v) is 10.9. The molecule has 0 unspecified atom stereocenters. The van der Waals surface area contributed by atoms with Crippen LogP contribution in [0.25, 0.3) is 0 Å². The molecule has 0 saturated heterocycles. The van der Waals surface area contributed by atoms with E-state index in [9.17, 15) is 18.3 Å². The Kier molecular flexibility index (Phi) is 4.88. The number of hydrogen-bond donors (Lipinski definition) is 1. The number of rotatable bonds is 5. The van der Waals surface area contributed by atoms with E-state index in [4.69, 9.17) is 9.47 Å². The first-order valence-electron chi connectivity index (χ1n) is 5.46. The summed E-state index contributed by atoms with van der Waals surface area (Å²) in [6, 6.07) is 2.95. The van der Waals surface area contributed by atoms with Crippen molar-refractivity contribution in [2.75, 3.05) is 27.8 Å². The normalized spacial score (nSPS) is 11.7. The standard InChI is InChI=1S/C12H16F3NO3/c1-16(7-12(13,14)15)6-8-4-9(18-2)11(17)10(5-8)19-3/h4-5,17H,6-7H2,1-3H3. The number of halogens is 3. The lowest BCUT2D eigenvalue weighted by molar-refractivity contribution is -0.144. The highest BCUT2D eigenvalue weighted by Gasteiger charge is 2.29. The number of methoxy groups -OCH3 is 2. The van der Waals surface area contributed by atoms with E-state index in [0.717, 1.165) is 4.90 Å². The van der Waals surface area contributed by atoms with Gasteiger partial charge >= 0.3 is 6.18 Å². The maximum Gasteiger partial charge on any atom is 0.401 e. The molecule has 0 bridgehead atoms. The van der Waals surface area contributed by atoms with Crippen LogP contribution in [0.4, 0.5) is 13.2 Å². The van der Waals surface area contributed by atoms with E-state index < -0.39 is 12.7 Å². The average Bonchev–Trinajstić information content (AvgIpc) is 2.28. The van der Waals surface area contributed by atoms with Crippen LogP contribution in [0.5, 0.6) is 17.2 Å². The molecule has 0 amide bonds. The molecule has 0 heterocycles. The lowest BCUT2D eigenvalue weighted by Gasteiger charge is -2.19. The second kappa shape index (κ2) is 6.01. The lowest BCUT2D eigenvalue weighted by atomic mass is 10.1. The van der Waals surface area contributed by atoms with E-state index in [1.54, 1.807) is 0 Å². The van der Waals surface area contributed by atoms with Crippen LogP contribution >= 0.6 is 0 Å². The Bertz CT molecular complexity index is 410. The number of benzene rings is 1. The molecule has 0 aromatic heterocycles. The highest BCUT2D eigenvalue weighted by Crippen LogP contribution is 2.37. The molecule has 1 N–H and O–H groups in total. The quantitative estimate of drug-likeness (QED) is 0.898. The van der Waals surface area contributed by atoms with E-state index in [1.807, 2.05) is 0 Å². The Hall–Kier alpha value is -1.63. The number of nitrogens with zero attached hydrogens (tertiary/aromatic N) is 1. The Morgan fingerprint density at radius 1 is 1.16 bits per heavy atom. The van der Waals surface area contributed by atoms with Gasteiger partial charge in [0.25, 0.3) is 0 Å². The van der Waals surface area contributed by atoms with E-state index in [-0.39, 0.29) is 23.8 Å². The molecular weight excluding hydrogens is 263 g/mol. The fourth-order valence-corrected chi connectivity index (χ4v) is 1.71. The molecule has 0 spiro atoms. The number of hydrogen-bond acceptors (Lipinski definition) is 4. The molecule has 4 nitrogen and oxygen atoms in total. The summed E-state index contributed by atoms with van der Waals surface area (Å²) in [5.74, 6) is 0.150. The Morgan fingerprint density at radius 2 is 1.63 bits per heavy atom. The van der Waals surface area contributed by atoms with Crippen LogP contribution in [0.15, 0.2) is 12.1 Å². The minimum Gasteiger partial charge on any atom is -0.502 e. The fraction of sp³-hybridized carbons (Fsp3) is 0.500. The first-order chi connectivity index (χ1) is 8.76. The second-order valence-corrected chi connectivity index (χ2v) is 4.14. The molecule has 1 aromatic rings. The van der Waals surface area contributed by atoms with E-state index in [2.05, 4.69) is 0 Å². The largest absolute Gasteiger partial charge is 0.502 e. The van der Waals surface area contributed by atoms with Gasteiger partial charge in [-0.05, 0) is 24.7 Å². The van der Waals surface area contributed by atoms with Crippen molar-refractivity contribution in [1.82, 2.24) is 4.90 Å². The highest BCUT2D eigenvalue weighted by molar-refractivity contribution is 5.52. The third-order valence-corrected chi connectivity index (χ3v) is 2.44. The van der Waals surface area contributed by atoms with Crippen molar-refractivity contribution in [3.63, 3.8) is 0 Å². The number of aromatic hydroxyl groups is 1. The van der Waals surface area contributed by atoms with E-state index >= 15 is 0 Å². The van der Waals surface area contributed by atoms with Crippen LogP contribution in [-0.2, 0) is 6.54 Å². The molecule has 0 fully saturated rings. The smallest absolute Gasteiger partial charge is 0.401 e. The zero-order chi connectivity index (χ0) is 14.6. The summed E-state index contributed by atoms with van der Waals surface area (Å²) in [5, 5.41) is 9.69. The van der Waals surface area contributed by atoms with Gasteiger partial charge in [-0.3, -0.25) is 4.90 Å². The molecule has 1 aromatic carbocycles. The summed E-state index contributed by atoms with van der Waals surface area (Å²) >= 11 is 0. The zero-order valence-electron chi connectivity index (χ0n) is 10.9. The highest BCUT2D eigenvalue weighted by atomic mass is 19.4. The van der Waals surface area contributed by atoms with Crippen molar-refractivity contribution < 1.29 is 27.8 Å². The number of phenols is 1. The van der Waals surface area contributed by atoms with Gasteiger partial charge in [-0.25, -0.2) is 0 Å². The fourth-order valence-electron chi connectivity index (χ4n) is 1.71. The van der Waals surface area contributed by atoms with Crippen LogP contribution in [0.3, 0.4) is 0 Å². The van der Waals surface area contributed by atoms with Gasteiger partial charge in [-0.1, -0.05) is 0 Å². The summed E-state index contributed by atoms with van der Waals surface area (Å²) in [7, 11) is 4.08. The van der Waals surface area contributed by atoms with Gasteiger partial charge in [-0.2, -0.15) is 13.2 Å². The molecule has 0 saturated carbocycles. The molecule has 0 aliphatic rings. The molecule has 0 radical (unpaired) electrons. The molecule has 7 heteroatoms. The molecule has 19 heavy (non-hydrogen) atoms. The van der Waals surface area contributed by atoms with Gasteiger partial charge in [-0.15, -0.1) is 0 Å². The van der Waals surface area contributed by atoms with Crippen molar-refractivity contribution >= 4 is 0 Å². The predicted octanol–water partition coefficient (Wildman–Crippen LogP) is 2.40. The van der Waals surface area contributed by atoms with E-state index in [0.29, 0.717) is 5.56 Å². The Labute approximate surface area is 109 Å². The minimum absolute atomic E-state index is 0.0620. The lowest BCUT2D eigenvalue weighted by Crippen LogP contribution is -2.30. The average molecular weight is 279 g/mol. The minimum atomic E-state index is -4.25. The molecular formula is C12H16F3NO3. The molecule has 0 aliphatic carbocycles. The van der Waals surface area contributed by atoms with Gasteiger partial charge < -0.3 is 14.6 Å². The monoisotopic (exact) mass is 279 g/mol. The van der Waals surface area contributed by atoms with Crippen molar-refractivity contribution in [1.29, 1.82) is 0 Å². The Morgan fingerprint density at radius 3 is 2.00 bits per heavy atom.